The van der Waals surface area contributed by atoms with Crippen molar-refractivity contribution >= 4 is 23.5 Å². The van der Waals surface area contributed by atoms with E-state index in [4.69, 9.17) is 5.26 Å². The molecule has 1 aliphatic heterocycles. The summed E-state index contributed by atoms with van der Waals surface area (Å²) in [5.41, 5.74) is -0.890. The van der Waals surface area contributed by atoms with Gasteiger partial charge in [-0.3, -0.25) is 14.5 Å². The highest BCUT2D eigenvalue weighted by atomic mass is 19.1. The summed E-state index contributed by atoms with van der Waals surface area (Å²) in [6.45, 7) is 0.819. The molecule has 0 spiro atoms. The second kappa shape index (κ2) is 7.08. The van der Waals surface area contributed by atoms with E-state index in [0.29, 0.717) is 22.1 Å². The highest BCUT2D eigenvalue weighted by molar-refractivity contribution is 6.10. The predicted molar refractivity (Wildman–Crippen MR) is 93.7 cm³/mol. The third-order valence-corrected chi connectivity index (χ3v) is 4.29. The Bertz CT molecular complexity index is 1010. The largest absolute Gasteiger partial charge is 0.325 e. The van der Waals surface area contributed by atoms with E-state index in [-0.39, 0.29) is 5.69 Å². The lowest BCUT2D eigenvalue weighted by Gasteiger charge is -2.22. The lowest BCUT2D eigenvalue weighted by atomic mass is 9.91. The SMILES string of the molecule is CC1(c2cccc(C#N)c2)NC(=O)N(CC(=O)Nc2cc(F)cc(F)c2)C1=O. The van der Waals surface area contributed by atoms with Gasteiger partial charge in [0.15, 0.2) is 0 Å². The molecule has 0 saturated carbocycles. The number of carbonyl (C=O) groups is 3. The first kappa shape index (κ1) is 19.0. The molecule has 1 saturated heterocycles. The zero-order valence-corrected chi connectivity index (χ0v) is 14.6. The zero-order chi connectivity index (χ0) is 20.5. The normalized spacial score (nSPS) is 18.6. The van der Waals surface area contributed by atoms with Crippen LogP contribution in [0.5, 0.6) is 0 Å². The Labute approximate surface area is 158 Å². The number of imide groups is 1. The maximum absolute atomic E-state index is 13.2. The van der Waals surface area contributed by atoms with Gasteiger partial charge in [0, 0.05) is 11.8 Å². The van der Waals surface area contributed by atoms with E-state index in [1.54, 1.807) is 18.2 Å². The van der Waals surface area contributed by atoms with Gasteiger partial charge in [-0.1, -0.05) is 12.1 Å². The topological polar surface area (TPSA) is 102 Å². The lowest BCUT2D eigenvalue weighted by molar-refractivity contribution is -0.133. The van der Waals surface area contributed by atoms with Gasteiger partial charge >= 0.3 is 6.03 Å². The first-order valence-electron chi connectivity index (χ1n) is 8.13. The fraction of sp³-hybridized carbons (Fsp3) is 0.158. The van der Waals surface area contributed by atoms with Crippen molar-refractivity contribution < 1.29 is 23.2 Å². The zero-order valence-electron chi connectivity index (χ0n) is 14.6. The number of hydrogen-bond acceptors (Lipinski definition) is 4. The van der Waals surface area contributed by atoms with Gasteiger partial charge in [-0.2, -0.15) is 5.26 Å². The molecule has 7 nitrogen and oxygen atoms in total. The molecule has 1 heterocycles. The molecule has 1 atom stereocenters. The first-order valence-corrected chi connectivity index (χ1v) is 8.13. The molecule has 0 aliphatic carbocycles. The number of carbonyl (C=O) groups excluding carboxylic acids is 3. The Hall–Kier alpha value is -3.80. The predicted octanol–water partition coefficient (Wildman–Crippen LogP) is 2.24. The quantitative estimate of drug-likeness (QED) is 0.789. The minimum absolute atomic E-state index is 0.140. The molecule has 1 unspecified atom stereocenters. The van der Waals surface area contributed by atoms with Crippen LogP contribution in [0.4, 0.5) is 19.3 Å². The van der Waals surface area contributed by atoms with Crippen molar-refractivity contribution in [2.45, 2.75) is 12.5 Å². The van der Waals surface area contributed by atoms with Crippen molar-refractivity contribution in [3.05, 3.63) is 65.2 Å². The molecular weight excluding hydrogens is 370 g/mol. The molecule has 1 fully saturated rings. The Morgan fingerprint density at radius 2 is 1.89 bits per heavy atom. The average Bonchev–Trinajstić information content (AvgIpc) is 2.85. The van der Waals surface area contributed by atoms with E-state index in [2.05, 4.69) is 10.6 Å². The van der Waals surface area contributed by atoms with Gasteiger partial charge in [0.2, 0.25) is 5.91 Å². The summed E-state index contributed by atoms with van der Waals surface area (Å²) in [4.78, 5) is 37.9. The van der Waals surface area contributed by atoms with Crippen LogP contribution in [-0.4, -0.2) is 29.3 Å². The first-order chi connectivity index (χ1) is 13.2. The molecule has 0 bridgehead atoms. The summed E-state index contributed by atoms with van der Waals surface area (Å²) in [5, 5.41) is 13.8. The summed E-state index contributed by atoms with van der Waals surface area (Å²) in [6.07, 6.45) is 0. The summed E-state index contributed by atoms with van der Waals surface area (Å²) in [7, 11) is 0. The number of anilines is 1. The summed E-state index contributed by atoms with van der Waals surface area (Å²) in [6, 6.07) is 9.80. The number of hydrogen-bond donors (Lipinski definition) is 2. The number of amides is 4. The summed E-state index contributed by atoms with van der Waals surface area (Å²) in [5.74, 6) is -3.25. The van der Waals surface area contributed by atoms with Crippen LogP contribution in [0, 0.1) is 23.0 Å². The standard InChI is InChI=1S/C19H14F2N4O3/c1-19(12-4-2-3-11(5-12)9-22)17(27)25(18(28)24-19)10-16(26)23-15-7-13(20)6-14(21)8-15/h2-8H,10H2,1H3,(H,23,26)(H,24,28). The van der Waals surface area contributed by atoms with Gasteiger partial charge in [0.05, 0.1) is 11.6 Å². The van der Waals surface area contributed by atoms with Crippen LogP contribution >= 0.6 is 0 Å². The van der Waals surface area contributed by atoms with Crippen molar-refractivity contribution in [1.29, 1.82) is 5.26 Å². The smallest absolute Gasteiger partial charge is 0.324 e. The van der Waals surface area contributed by atoms with Crippen LogP contribution in [0.1, 0.15) is 18.1 Å². The van der Waals surface area contributed by atoms with Crippen molar-refractivity contribution in [3.8, 4) is 6.07 Å². The van der Waals surface area contributed by atoms with Crippen molar-refractivity contribution in [2.24, 2.45) is 0 Å². The second-order valence-corrected chi connectivity index (χ2v) is 6.35. The maximum atomic E-state index is 13.2. The van der Waals surface area contributed by atoms with E-state index < -0.39 is 41.6 Å². The molecular formula is C19H14F2N4O3. The molecule has 0 aromatic heterocycles. The van der Waals surface area contributed by atoms with E-state index >= 15 is 0 Å². The average molecular weight is 384 g/mol. The van der Waals surface area contributed by atoms with Crippen LogP contribution in [0.2, 0.25) is 0 Å². The molecule has 3 rings (SSSR count). The Kier molecular flexibility index (Phi) is 4.79. The Morgan fingerprint density at radius 3 is 2.54 bits per heavy atom. The van der Waals surface area contributed by atoms with Gasteiger partial charge in [-0.15, -0.1) is 0 Å². The lowest BCUT2D eigenvalue weighted by Crippen LogP contribution is -2.42. The minimum Gasteiger partial charge on any atom is -0.324 e. The van der Waals surface area contributed by atoms with Crippen molar-refractivity contribution in [2.75, 3.05) is 11.9 Å². The number of nitrogens with one attached hydrogen (secondary N) is 2. The fourth-order valence-electron chi connectivity index (χ4n) is 2.91. The molecule has 142 valence electrons. The number of rotatable bonds is 4. The Morgan fingerprint density at radius 1 is 1.21 bits per heavy atom. The molecule has 9 heteroatoms. The van der Waals surface area contributed by atoms with Crippen LogP contribution in [0.15, 0.2) is 42.5 Å². The molecule has 0 radical (unpaired) electrons. The van der Waals surface area contributed by atoms with Crippen LogP contribution < -0.4 is 10.6 Å². The number of urea groups is 1. The van der Waals surface area contributed by atoms with Gasteiger partial charge in [0.1, 0.15) is 23.7 Å². The van der Waals surface area contributed by atoms with E-state index in [1.165, 1.54) is 13.0 Å². The minimum atomic E-state index is -1.45. The highest BCUT2D eigenvalue weighted by Gasteiger charge is 2.49. The van der Waals surface area contributed by atoms with E-state index in [1.807, 2.05) is 6.07 Å². The highest BCUT2D eigenvalue weighted by Crippen LogP contribution is 2.29. The van der Waals surface area contributed by atoms with Gasteiger partial charge in [-0.05, 0) is 36.8 Å². The van der Waals surface area contributed by atoms with Crippen LogP contribution in [-0.2, 0) is 15.1 Å². The monoisotopic (exact) mass is 384 g/mol. The van der Waals surface area contributed by atoms with Crippen molar-refractivity contribution in [3.63, 3.8) is 0 Å². The molecule has 2 N–H and O–H groups in total. The Balaban J connectivity index is 1.78. The molecule has 4 amide bonds. The third kappa shape index (κ3) is 3.53. The second-order valence-electron chi connectivity index (χ2n) is 6.35. The van der Waals surface area contributed by atoms with E-state index in [0.717, 1.165) is 12.1 Å². The maximum Gasteiger partial charge on any atom is 0.325 e. The fourth-order valence-corrected chi connectivity index (χ4v) is 2.91. The van der Waals surface area contributed by atoms with Gasteiger partial charge < -0.3 is 10.6 Å². The van der Waals surface area contributed by atoms with Crippen LogP contribution in [0.25, 0.3) is 0 Å². The van der Waals surface area contributed by atoms with Crippen molar-refractivity contribution in [1.82, 2.24) is 10.2 Å². The number of halogens is 2. The van der Waals surface area contributed by atoms with Gasteiger partial charge in [0.25, 0.3) is 5.91 Å². The molecule has 28 heavy (non-hydrogen) atoms. The summed E-state index contributed by atoms with van der Waals surface area (Å²) < 4.78 is 26.4. The number of nitriles is 1. The summed E-state index contributed by atoms with van der Waals surface area (Å²) >= 11 is 0. The third-order valence-electron chi connectivity index (χ3n) is 4.29. The number of nitrogens with zero attached hydrogens (tertiary/aromatic N) is 2. The van der Waals surface area contributed by atoms with Gasteiger partial charge in [-0.25, -0.2) is 13.6 Å². The number of benzene rings is 2. The molecule has 2 aromatic carbocycles. The molecule has 1 aliphatic rings. The van der Waals surface area contributed by atoms with Crippen LogP contribution in [0.3, 0.4) is 0 Å². The van der Waals surface area contributed by atoms with E-state index in [9.17, 15) is 23.2 Å². The molecule has 2 aromatic rings.